The Hall–Kier alpha value is -3.14. The van der Waals surface area contributed by atoms with Crippen LogP contribution in [0.2, 0.25) is 0 Å². The van der Waals surface area contributed by atoms with E-state index in [1.807, 2.05) is 24.4 Å². The Bertz CT molecular complexity index is 1200. The first-order valence-corrected chi connectivity index (χ1v) is 9.41. The molecule has 0 bridgehead atoms. The van der Waals surface area contributed by atoms with Gasteiger partial charge in [-0.05, 0) is 46.6 Å². The molecule has 0 saturated carbocycles. The monoisotopic (exact) mass is 460 g/mol. The molecular formula is C19H15BrF2N6O. The van der Waals surface area contributed by atoms with E-state index < -0.39 is 12.3 Å². The molecule has 0 aliphatic rings. The number of nitrogens with zero attached hydrogens (tertiary/aromatic N) is 5. The lowest BCUT2D eigenvalue weighted by atomic mass is 10.2. The van der Waals surface area contributed by atoms with E-state index in [1.165, 1.54) is 12.3 Å². The molecule has 29 heavy (non-hydrogen) atoms. The van der Waals surface area contributed by atoms with Gasteiger partial charge in [-0.2, -0.15) is 10.2 Å². The van der Waals surface area contributed by atoms with Crippen LogP contribution in [-0.2, 0) is 6.54 Å². The van der Waals surface area contributed by atoms with E-state index in [0.717, 1.165) is 14.6 Å². The number of fused-ring (bicyclic) bond motifs is 1. The molecule has 0 atom stereocenters. The van der Waals surface area contributed by atoms with Crippen LogP contribution in [-0.4, -0.2) is 30.3 Å². The first-order chi connectivity index (χ1) is 13.9. The van der Waals surface area contributed by atoms with Crippen molar-refractivity contribution in [2.24, 2.45) is 0 Å². The van der Waals surface area contributed by atoms with Crippen molar-refractivity contribution in [1.82, 2.24) is 24.4 Å². The van der Waals surface area contributed by atoms with Crippen molar-refractivity contribution in [3.05, 3.63) is 75.9 Å². The molecule has 3 aromatic heterocycles. The van der Waals surface area contributed by atoms with Gasteiger partial charge in [0.15, 0.2) is 5.65 Å². The third-order valence-corrected chi connectivity index (χ3v) is 4.64. The van der Waals surface area contributed by atoms with Crippen LogP contribution in [0.15, 0.2) is 53.4 Å². The Morgan fingerprint density at radius 1 is 1.24 bits per heavy atom. The van der Waals surface area contributed by atoms with Crippen LogP contribution in [0, 0.1) is 6.92 Å². The van der Waals surface area contributed by atoms with Gasteiger partial charge < -0.3 is 5.32 Å². The second-order valence-electron chi connectivity index (χ2n) is 6.43. The summed E-state index contributed by atoms with van der Waals surface area (Å²) >= 11 is 3.35. The number of anilines is 1. The largest absolute Gasteiger partial charge is 0.322 e. The molecule has 0 unspecified atom stereocenters. The fourth-order valence-electron chi connectivity index (χ4n) is 2.99. The van der Waals surface area contributed by atoms with E-state index in [-0.39, 0.29) is 16.9 Å². The number of nitrogens with one attached hydrogen (secondary N) is 1. The van der Waals surface area contributed by atoms with Gasteiger partial charge in [0.2, 0.25) is 0 Å². The molecule has 3 heterocycles. The van der Waals surface area contributed by atoms with Crippen LogP contribution >= 0.6 is 15.9 Å². The number of halogens is 3. The summed E-state index contributed by atoms with van der Waals surface area (Å²) in [7, 11) is 0. The Labute approximate surface area is 172 Å². The molecule has 0 fully saturated rings. The van der Waals surface area contributed by atoms with Crippen molar-refractivity contribution in [1.29, 1.82) is 0 Å². The summed E-state index contributed by atoms with van der Waals surface area (Å²) in [5, 5.41) is 10.9. The highest BCUT2D eigenvalue weighted by Crippen LogP contribution is 2.22. The lowest BCUT2D eigenvalue weighted by Crippen LogP contribution is -2.13. The lowest BCUT2D eigenvalue weighted by Gasteiger charge is -2.08. The Morgan fingerprint density at radius 3 is 2.79 bits per heavy atom. The molecule has 0 spiro atoms. The minimum absolute atomic E-state index is 0.0929. The SMILES string of the molecule is Cc1cc(C(F)F)n2ncc(C(=O)Nc3cccc(Cn4cc(Br)cn4)c3)c2n1. The molecule has 0 aliphatic carbocycles. The van der Waals surface area contributed by atoms with Crippen LogP contribution in [0.25, 0.3) is 5.65 Å². The Kier molecular flexibility index (Phi) is 5.10. The van der Waals surface area contributed by atoms with Crippen molar-refractivity contribution in [3.8, 4) is 0 Å². The normalized spacial score (nSPS) is 11.3. The summed E-state index contributed by atoms with van der Waals surface area (Å²) in [6, 6.07) is 8.55. The van der Waals surface area contributed by atoms with E-state index in [4.69, 9.17) is 0 Å². The van der Waals surface area contributed by atoms with Gasteiger partial charge in [-0.15, -0.1) is 0 Å². The van der Waals surface area contributed by atoms with Crippen molar-refractivity contribution >= 4 is 33.2 Å². The molecule has 148 valence electrons. The fraction of sp³-hybridized carbons (Fsp3) is 0.158. The second kappa shape index (κ2) is 7.70. The highest BCUT2D eigenvalue weighted by molar-refractivity contribution is 9.10. The summed E-state index contributed by atoms with van der Waals surface area (Å²) in [5.41, 5.74) is 1.80. The van der Waals surface area contributed by atoms with Gasteiger partial charge in [0.05, 0.1) is 23.4 Å². The zero-order chi connectivity index (χ0) is 20.5. The second-order valence-corrected chi connectivity index (χ2v) is 7.34. The quantitative estimate of drug-likeness (QED) is 0.483. The van der Waals surface area contributed by atoms with Crippen molar-refractivity contribution in [2.75, 3.05) is 5.32 Å². The van der Waals surface area contributed by atoms with Gasteiger partial charge >= 0.3 is 0 Å². The minimum Gasteiger partial charge on any atom is -0.322 e. The number of aryl methyl sites for hydroxylation is 1. The van der Waals surface area contributed by atoms with E-state index in [2.05, 4.69) is 36.4 Å². The maximum Gasteiger partial charge on any atom is 0.280 e. The number of aromatic nitrogens is 5. The average Bonchev–Trinajstić information content (AvgIpc) is 3.27. The number of carbonyl (C=O) groups excluding carboxylic acids is 1. The van der Waals surface area contributed by atoms with Gasteiger partial charge in [0, 0.05) is 17.6 Å². The van der Waals surface area contributed by atoms with E-state index in [1.54, 1.807) is 23.9 Å². The summed E-state index contributed by atoms with van der Waals surface area (Å²) in [6.07, 6.45) is 2.06. The molecule has 1 N–H and O–H groups in total. The molecular weight excluding hydrogens is 446 g/mol. The smallest absolute Gasteiger partial charge is 0.280 e. The Morgan fingerprint density at radius 2 is 2.07 bits per heavy atom. The van der Waals surface area contributed by atoms with E-state index in [0.29, 0.717) is 17.9 Å². The number of amides is 1. The van der Waals surface area contributed by atoms with Crippen molar-refractivity contribution in [3.63, 3.8) is 0 Å². The highest BCUT2D eigenvalue weighted by Gasteiger charge is 2.20. The molecule has 1 aromatic carbocycles. The third kappa shape index (κ3) is 4.02. The maximum atomic E-state index is 13.3. The summed E-state index contributed by atoms with van der Waals surface area (Å²) in [4.78, 5) is 16.9. The minimum atomic E-state index is -2.73. The van der Waals surface area contributed by atoms with Gasteiger partial charge in [0.25, 0.3) is 12.3 Å². The zero-order valence-corrected chi connectivity index (χ0v) is 16.8. The van der Waals surface area contributed by atoms with Crippen molar-refractivity contribution < 1.29 is 13.6 Å². The summed E-state index contributed by atoms with van der Waals surface area (Å²) < 4.78 is 30.2. The molecule has 0 radical (unpaired) electrons. The number of alkyl halides is 2. The van der Waals surface area contributed by atoms with Crippen LogP contribution in [0.1, 0.15) is 33.7 Å². The Balaban J connectivity index is 1.59. The van der Waals surface area contributed by atoms with Crippen LogP contribution in [0.3, 0.4) is 0 Å². The molecule has 10 heteroatoms. The topological polar surface area (TPSA) is 77.1 Å². The highest BCUT2D eigenvalue weighted by atomic mass is 79.9. The number of benzene rings is 1. The summed E-state index contributed by atoms with van der Waals surface area (Å²) in [6.45, 7) is 2.13. The van der Waals surface area contributed by atoms with Crippen LogP contribution < -0.4 is 5.32 Å². The molecule has 7 nitrogen and oxygen atoms in total. The van der Waals surface area contributed by atoms with Gasteiger partial charge in [-0.1, -0.05) is 12.1 Å². The lowest BCUT2D eigenvalue weighted by molar-refractivity contribution is 0.102. The predicted octanol–water partition coefficient (Wildman–Crippen LogP) is 4.23. The first-order valence-electron chi connectivity index (χ1n) is 8.62. The van der Waals surface area contributed by atoms with E-state index >= 15 is 0 Å². The molecule has 0 saturated heterocycles. The number of carbonyl (C=O) groups is 1. The van der Waals surface area contributed by atoms with Crippen LogP contribution in [0.4, 0.5) is 14.5 Å². The maximum absolute atomic E-state index is 13.3. The predicted molar refractivity (Wildman–Crippen MR) is 106 cm³/mol. The number of hydrogen-bond acceptors (Lipinski definition) is 4. The molecule has 4 aromatic rings. The fourth-order valence-corrected chi connectivity index (χ4v) is 3.31. The number of hydrogen-bond donors (Lipinski definition) is 1. The number of rotatable bonds is 5. The van der Waals surface area contributed by atoms with Gasteiger partial charge in [-0.25, -0.2) is 18.3 Å². The molecule has 4 rings (SSSR count). The van der Waals surface area contributed by atoms with Crippen molar-refractivity contribution in [2.45, 2.75) is 19.9 Å². The first kappa shape index (κ1) is 19.2. The molecule has 1 amide bonds. The summed E-state index contributed by atoms with van der Waals surface area (Å²) in [5.74, 6) is -0.475. The molecule has 0 aliphatic heterocycles. The average molecular weight is 461 g/mol. The van der Waals surface area contributed by atoms with Crippen LogP contribution in [0.5, 0.6) is 0 Å². The van der Waals surface area contributed by atoms with Gasteiger partial charge in [-0.3, -0.25) is 9.48 Å². The van der Waals surface area contributed by atoms with Gasteiger partial charge in [0.1, 0.15) is 11.3 Å². The third-order valence-electron chi connectivity index (χ3n) is 4.23. The standard InChI is InChI=1S/C19H15BrF2N6O/c1-11-5-16(17(21)22)28-18(25-11)15(8-24-28)19(29)26-14-4-2-3-12(6-14)9-27-10-13(20)7-23-27/h2-8,10,17H,9H2,1H3,(H,26,29). The zero-order valence-electron chi connectivity index (χ0n) is 15.2. The van der Waals surface area contributed by atoms with E-state index in [9.17, 15) is 13.6 Å².